The molecule has 0 atom stereocenters. The molecule has 0 fully saturated rings. The first-order chi connectivity index (χ1) is 16.2. The van der Waals surface area contributed by atoms with Gasteiger partial charge in [-0.15, -0.1) is 4.57 Å². The average Bonchev–Trinajstić information content (AvgIpc) is 3.22. The van der Waals surface area contributed by atoms with E-state index in [4.69, 9.17) is 20.8 Å². The van der Waals surface area contributed by atoms with Gasteiger partial charge in [0.25, 0.3) is 0 Å². The lowest BCUT2D eigenvalue weighted by atomic mass is 10.3. The number of hydrogen-bond acceptors (Lipinski definition) is 3. The summed E-state index contributed by atoms with van der Waals surface area (Å²) in [5.41, 5.74) is 1.47. The Morgan fingerprint density at radius 3 is 1.58 bits per heavy atom. The van der Waals surface area contributed by atoms with E-state index in [1.807, 2.05) is 42.5 Å². The van der Waals surface area contributed by atoms with Gasteiger partial charge in [0, 0.05) is 22.0 Å². The van der Waals surface area contributed by atoms with Crippen LogP contribution in [0, 0.1) is 0 Å². The van der Waals surface area contributed by atoms with Gasteiger partial charge >= 0.3 is 17.5 Å². The number of oxazole rings is 1. The summed E-state index contributed by atoms with van der Waals surface area (Å²) in [5, 5.41) is 13.4. The predicted octanol–water partition coefficient (Wildman–Crippen LogP) is 5.72. The van der Waals surface area contributed by atoms with E-state index < -0.39 is 7.05 Å². The van der Waals surface area contributed by atoms with Crippen molar-refractivity contribution in [3.05, 3.63) is 127 Å². The Morgan fingerprint density at radius 1 is 0.667 bits per heavy atom. The van der Waals surface area contributed by atoms with Crippen molar-refractivity contribution >= 4 is 40.3 Å². The smallest absolute Gasteiger partial charge is 0.375 e. The highest BCUT2D eigenvalue weighted by Gasteiger charge is 2.30. The van der Waals surface area contributed by atoms with E-state index in [2.05, 4.69) is 72.8 Å². The van der Waals surface area contributed by atoms with Crippen LogP contribution in [0.5, 0.6) is 5.95 Å². The molecule has 0 aliphatic heterocycles. The van der Waals surface area contributed by atoms with Crippen molar-refractivity contribution < 1.29 is 14.1 Å². The Hall–Kier alpha value is -3.59. The fraction of sp³-hybridized carbons (Fsp3) is 0. The van der Waals surface area contributed by atoms with Crippen molar-refractivity contribution in [1.82, 2.24) is 0 Å². The van der Waals surface area contributed by atoms with Crippen LogP contribution in [0.3, 0.4) is 0 Å². The highest BCUT2D eigenvalue weighted by Crippen LogP contribution is 2.49. The monoisotopic (exact) mass is 471 g/mol. The zero-order valence-electron chi connectivity index (χ0n) is 17.6. The van der Waals surface area contributed by atoms with Crippen LogP contribution in [0.1, 0.15) is 0 Å². The highest BCUT2D eigenvalue weighted by molar-refractivity contribution is 7.87. The molecule has 0 saturated heterocycles. The molecule has 0 bridgehead atoms. The number of halogens is 1. The van der Waals surface area contributed by atoms with Crippen molar-refractivity contribution in [2.24, 2.45) is 4.74 Å². The molecule has 5 rings (SSSR count). The number of para-hydroxylation sites is 1. The van der Waals surface area contributed by atoms with E-state index in [1.165, 1.54) is 6.39 Å². The fourth-order valence-electron chi connectivity index (χ4n) is 3.93. The summed E-state index contributed by atoms with van der Waals surface area (Å²) < 4.78 is 12.3. The molecule has 0 radical (unpaired) electrons. The maximum atomic E-state index is 9.92. The lowest BCUT2D eigenvalue weighted by Crippen LogP contribution is -2.29. The summed E-state index contributed by atoms with van der Waals surface area (Å²) in [5.74, 6) is -0.332. The fourth-order valence-corrected chi connectivity index (χ4v) is 7.65. The Balaban J connectivity index is 1.91. The molecule has 0 aliphatic rings. The van der Waals surface area contributed by atoms with Gasteiger partial charge in [-0.2, -0.15) is 0 Å². The minimum atomic E-state index is -2.46. The molecule has 162 valence electrons. The van der Waals surface area contributed by atoms with Gasteiger partial charge in [-0.05, 0) is 17.7 Å². The standard InChI is InChI=1S/C27H20ClN2O2P/c28-26-27(31)32-20-30(26)25-19-11-10-18-24(25)29-33(21-12-4-1-5-13-21,22-14-6-2-7-15-22)23-16-8-3-9-17-23/h1-20H/p+1. The van der Waals surface area contributed by atoms with E-state index in [0.717, 1.165) is 27.3 Å². The molecule has 0 saturated carbocycles. The summed E-state index contributed by atoms with van der Waals surface area (Å²) in [6.07, 6.45) is 1.39. The van der Waals surface area contributed by atoms with E-state index in [1.54, 1.807) is 4.57 Å². The molecule has 5 aromatic rings. The molecule has 1 N–H and O–H groups in total. The summed E-state index contributed by atoms with van der Waals surface area (Å²) in [6, 6.07) is 39.0. The van der Waals surface area contributed by atoms with Crippen molar-refractivity contribution in [1.29, 1.82) is 0 Å². The second-order valence-electron chi connectivity index (χ2n) is 7.42. The average molecular weight is 472 g/mol. The first-order valence-electron chi connectivity index (χ1n) is 10.5. The zero-order valence-corrected chi connectivity index (χ0v) is 19.3. The van der Waals surface area contributed by atoms with Gasteiger partial charge in [0.1, 0.15) is 5.69 Å². The molecule has 1 aromatic heterocycles. The number of hydrogen-bond donors (Lipinski definition) is 1. The molecule has 0 amide bonds. The second-order valence-corrected chi connectivity index (χ2v) is 10.8. The Morgan fingerprint density at radius 2 is 1.12 bits per heavy atom. The van der Waals surface area contributed by atoms with Crippen molar-refractivity contribution in [3.63, 3.8) is 0 Å². The Labute approximate surface area is 197 Å². The topological polar surface area (TPSA) is 49.6 Å². The van der Waals surface area contributed by atoms with E-state index >= 15 is 0 Å². The van der Waals surface area contributed by atoms with Crippen LogP contribution < -0.4 is 20.5 Å². The zero-order chi connectivity index (χ0) is 22.7. The number of aromatic nitrogens is 1. The SMILES string of the molecule is Oc1oc[n+](-c2ccccc2N=P(c2ccccc2)(c2ccccc2)c2ccccc2)c1Cl. The second kappa shape index (κ2) is 9.11. The molecule has 6 heteroatoms. The summed E-state index contributed by atoms with van der Waals surface area (Å²) in [6.45, 7) is 0. The van der Waals surface area contributed by atoms with Gasteiger partial charge in [0.05, 0.1) is 7.05 Å². The van der Waals surface area contributed by atoms with Gasteiger partial charge < -0.3 is 9.52 Å². The van der Waals surface area contributed by atoms with Gasteiger partial charge in [0.2, 0.25) is 5.69 Å². The minimum absolute atomic E-state index is 0.0979. The predicted molar refractivity (Wildman–Crippen MR) is 134 cm³/mol. The third-order valence-electron chi connectivity index (χ3n) is 5.45. The third-order valence-corrected chi connectivity index (χ3v) is 9.44. The Bertz CT molecular complexity index is 1330. The van der Waals surface area contributed by atoms with Crippen molar-refractivity contribution in [3.8, 4) is 11.6 Å². The maximum absolute atomic E-state index is 9.92. The molecular formula is C27H21ClN2O2P+. The largest absolute Gasteiger partial charge is 0.475 e. The van der Waals surface area contributed by atoms with E-state index in [-0.39, 0.29) is 11.1 Å². The number of aromatic hydroxyl groups is 1. The van der Waals surface area contributed by atoms with Crippen molar-refractivity contribution in [2.45, 2.75) is 0 Å². The summed E-state index contributed by atoms with van der Waals surface area (Å²) in [4.78, 5) is 0. The van der Waals surface area contributed by atoms with Gasteiger partial charge in [0.15, 0.2) is 0 Å². The van der Waals surface area contributed by atoms with Crippen LogP contribution in [0.15, 0.2) is 131 Å². The molecule has 4 nitrogen and oxygen atoms in total. The molecule has 0 aliphatic carbocycles. The van der Waals surface area contributed by atoms with Crippen molar-refractivity contribution in [2.75, 3.05) is 0 Å². The van der Waals surface area contributed by atoms with Crippen LogP contribution in [0.25, 0.3) is 5.69 Å². The molecule has 4 aromatic carbocycles. The lowest BCUT2D eigenvalue weighted by Gasteiger charge is -2.26. The van der Waals surface area contributed by atoms with Gasteiger partial charge in [-0.1, -0.05) is 103 Å². The van der Waals surface area contributed by atoms with Crippen LogP contribution in [0.2, 0.25) is 5.15 Å². The third kappa shape index (κ3) is 3.89. The molecular weight excluding hydrogens is 451 g/mol. The quantitative estimate of drug-likeness (QED) is 0.263. The molecule has 0 unspecified atom stereocenters. The van der Waals surface area contributed by atoms with E-state index in [0.29, 0.717) is 0 Å². The molecule has 1 heterocycles. The van der Waals surface area contributed by atoms with Crippen LogP contribution in [-0.2, 0) is 0 Å². The Kier molecular flexibility index (Phi) is 5.87. The summed E-state index contributed by atoms with van der Waals surface area (Å²) >= 11 is 6.32. The highest BCUT2D eigenvalue weighted by atomic mass is 35.5. The first-order valence-corrected chi connectivity index (χ1v) is 12.6. The number of rotatable bonds is 5. The van der Waals surface area contributed by atoms with Gasteiger partial charge in [-0.3, -0.25) is 0 Å². The first kappa shape index (κ1) is 21.3. The molecule has 0 spiro atoms. The summed E-state index contributed by atoms with van der Waals surface area (Å²) in [7, 11) is -2.46. The maximum Gasteiger partial charge on any atom is 0.375 e. The number of nitrogens with zero attached hydrogens (tertiary/aromatic N) is 2. The molecule has 33 heavy (non-hydrogen) atoms. The number of benzene rings is 4. The lowest BCUT2D eigenvalue weighted by molar-refractivity contribution is -0.596. The van der Waals surface area contributed by atoms with Crippen LogP contribution in [-0.4, -0.2) is 5.11 Å². The van der Waals surface area contributed by atoms with Crippen LogP contribution >= 0.6 is 18.7 Å². The van der Waals surface area contributed by atoms with Crippen LogP contribution in [0.4, 0.5) is 5.69 Å². The van der Waals surface area contributed by atoms with Gasteiger partial charge in [-0.25, -0.2) is 4.74 Å². The van der Waals surface area contributed by atoms with E-state index in [9.17, 15) is 5.11 Å². The normalized spacial score (nSPS) is 11.3. The minimum Gasteiger partial charge on any atom is -0.475 e.